The van der Waals surface area contributed by atoms with Gasteiger partial charge in [-0.15, -0.1) is 0 Å². The fraction of sp³-hybridized carbons (Fsp3) is 0.500. The van der Waals surface area contributed by atoms with Crippen molar-refractivity contribution in [2.24, 2.45) is 0 Å². The van der Waals surface area contributed by atoms with E-state index in [9.17, 15) is 14.7 Å². The second-order valence-electron chi connectivity index (χ2n) is 5.46. The van der Waals surface area contributed by atoms with Crippen molar-refractivity contribution in [2.45, 2.75) is 38.3 Å². The molecular formula is C16H21NO4. The first kappa shape index (κ1) is 15.5. The largest absolute Gasteiger partial charge is 0.467 e. The fourth-order valence-corrected chi connectivity index (χ4v) is 2.71. The van der Waals surface area contributed by atoms with E-state index >= 15 is 0 Å². The van der Waals surface area contributed by atoms with Crippen molar-refractivity contribution in [3.8, 4) is 0 Å². The molecule has 1 aliphatic rings. The third-order valence-electron chi connectivity index (χ3n) is 3.78. The van der Waals surface area contributed by atoms with Gasteiger partial charge in [-0.3, -0.25) is 4.79 Å². The first-order valence-corrected chi connectivity index (χ1v) is 7.12. The summed E-state index contributed by atoms with van der Waals surface area (Å²) in [6.45, 7) is 2.21. The molecule has 1 saturated heterocycles. The van der Waals surface area contributed by atoms with Gasteiger partial charge in [0, 0.05) is 19.4 Å². The molecule has 0 saturated carbocycles. The van der Waals surface area contributed by atoms with Gasteiger partial charge in [-0.2, -0.15) is 0 Å². The van der Waals surface area contributed by atoms with Crippen LogP contribution in [-0.2, 0) is 20.7 Å². The Morgan fingerprint density at radius 1 is 1.43 bits per heavy atom. The van der Waals surface area contributed by atoms with Crippen LogP contribution in [0.3, 0.4) is 0 Å². The summed E-state index contributed by atoms with van der Waals surface area (Å²) in [5.74, 6) is -0.584. The molecule has 1 N–H and O–H groups in total. The predicted molar refractivity (Wildman–Crippen MR) is 77.6 cm³/mol. The number of β-amino-alcohol motifs (C(OH)–C–C–N with tert-alkyl or cyclic N) is 1. The minimum atomic E-state index is -0.657. The summed E-state index contributed by atoms with van der Waals surface area (Å²) in [7, 11) is 1.29. The van der Waals surface area contributed by atoms with Crippen LogP contribution < -0.4 is 0 Å². The third kappa shape index (κ3) is 3.82. The summed E-state index contributed by atoms with van der Waals surface area (Å²) in [6.07, 6.45) is 0.546. The van der Waals surface area contributed by atoms with Crippen molar-refractivity contribution in [2.75, 3.05) is 13.7 Å². The number of nitrogens with zero attached hydrogens (tertiary/aromatic N) is 1. The fourth-order valence-electron chi connectivity index (χ4n) is 2.71. The molecule has 1 aliphatic heterocycles. The number of ether oxygens (including phenoxy) is 1. The molecule has 2 atom stereocenters. The second kappa shape index (κ2) is 6.72. The first-order chi connectivity index (χ1) is 10.0. The number of carbonyl (C=O) groups excluding carboxylic acids is 2. The number of amides is 1. The Morgan fingerprint density at radius 3 is 2.86 bits per heavy atom. The van der Waals surface area contributed by atoms with E-state index in [1.165, 1.54) is 12.0 Å². The molecule has 0 spiro atoms. The number of hydrogen-bond acceptors (Lipinski definition) is 4. The molecule has 21 heavy (non-hydrogen) atoms. The van der Waals surface area contributed by atoms with Gasteiger partial charge in [0.1, 0.15) is 6.04 Å². The molecule has 1 aromatic rings. The number of benzene rings is 1. The van der Waals surface area contributed by atoms with Crippen molar-refractivity contribution in [1.29, 1.82) is 0 Å². The summed E-state index contributed by atoms with van der Waals surface area (Å²) in [6, 6.07) is 7.34. The number of aliphatic hydroxyl groups excluding tert-OH is 1. The highest BCUT2D eigenvalue weighted by molar-refractivity contribution is 5.85. The summed E-state index contributed by atoms with van der Waals surface area (Å²) in [5.41, 5.74) is 2.25. The highest BCUT2D eigenvalue weighted by Crippen LogP contribution is 2.20. The van der Waals surface area contributed by atoms with Crippen LogP contribution in [-0.4, -0.2) is 47.7 Å². The van der Waals surface area contributed by atoms with Crippen LogP contribution in [0.25, 0.3) is 0 Å². The highest BCUT2D eigenvalue weighted by atomic mass is 16.5. The van der Waals surface area contributed by atoms with Gasteiger partial charge in [0.2, 0.25) is 5.91 Å². The predicted octanol–water partition coefficient (Wildman–Crippen LogP) is 1.06. The topological polar surface area (TPSA) is 66.8 Å². The molecule has 5 heteroatoms. The summed E-state index contributed by atoms with van der Waals surface area (Å²) < 4.78 is 4.70. The van der Waals surface area contributed by atoms with Gasteiger partial charge >= 0.3 is 5.97 Å². The Bertz CT molecular complexity index is 529. The van der Waals surface area contributed by atoms with E-state index in [2.05, 4.69) is 0 Å². The summed E-state index contributed by atoms with van der Waals surface area (Å²) in [4.78, 5) is 25.4. The van der Waals surface area contributed by atoms with Crippen molar-refractivity contribution in [3.63, 3.8) is 0 Å². The molecule has 0 aliphatic carbocycles. The number of methoxy groups -OCH3 is 1. The second-order valence-corrected chi connectivity index (χ2v) is 5.46. The van der Waals surface area contributed by atoms with Crippen molar-refractivity contribution >= 4 is 11.9 Å². The maximum absolute atomic E-state index is 12.3. The number of likely N-dealkylation sites (tertiary alicyclic amines) is 1. The van der Waals surface area contributed by atoms with Gasteiger partial charge in [-0.05, 0) is 18.9 Å². The van der Waals surface area contributed by atoms with Crippen LogP contribution in [0.5, 0.6) is 0 Å². The molecular weight excluding hydrogens is 270 g/mol. The van der Waals surface area contributed by atoms with Crippen LogP contribution in [0.15, 0.2) is 24.3 Å². The first-order valence-electron chi connectivity index (χ1n) is 7.12. The maximum atomic E-state index is 12.3. The Morgan fingerprint density at radius 2 is 2.19 bits per heavy atom. The van der Waals surface area contributed by atoms with Gasteiger partial charge in [0.15, 0.2) is 0 Å². The lowest BCUT2D eigenvalue weighted by Gasteiger charge is -2.22. The molecule has 2 rings (SSSR count). The molecule has 114 valence electrons. The van der Waals surface area contributed by atoms with Gasteiger partial charge < -0.3 is 14.7 Å². The molecule has 1 aromatic carbocycles. The zero-order valence-electron chi connectivity index (χ0n) is 12.4. The monoisotopic (exact) mass is 291 g/mol. The van der Waals surface area contributed by atoms with Gasteiger partial charge in [0.25, 0.3) is 0 Å². The Labute approximate surface area is 124 Å². The highest BCUT2D eigenvalue weighted by Gasteiger charge is 2.39. The van der Waals surface area contributed by atoms with Crippen LogP contribution in [0.2, 0.25) is 0 Å². The normalized spacial score (nSPS) is 21.4. The SMILES string of the molecule is COC(=O)C1CC(O)CN1C(=O)CCc1cccc(C)c1. The molecule has 5 nitrogen and oxygen atoms in total. The zero-order valence-corrected chi connectivity index (χ0v) is 12.4. The van der Waals surface area contributed by atoms with Gasteiger partial charge in [-0.1, -0.05) is 29.8 Å². The van der Waals surface area contributed by atoms with Crippen molar-refractivity contribution < 1.29 is 19.4 Å². The molecule has 1 fully saturated rings. The lowest BCUT2D eigenvalue weighted by atomic mass is 10.1. The summed E-state index contributed by atoms with van der Waals surface area (Å²) >= 11 is 0. The van der Waals surface area contributed by atoms with Gasteiger partial charge in [0.05, 0.1) is 13.2 Å². The summed E-state index contributed by atoms with van der Waals surface area (Å²) in [5, 5.41) is 9.68. The van der Waals surface area contributed by atoms with Crippen LogP contribution in [0.4, 0.5) is 0 Å². The van der Waals surface area contributed by atoms with Crippen LogP contribution >= 0.6 is 0 Å². The quantitative estimate of drug-likeness (QED) is 0.842. The molecule has 0 radical (unpaired) electrons. The van der Waals surface area contributed by atoms with E-state index in [4.69, 9.17) is 4.74 Å². The number of aliphatic hydroxyl groups is 1. The number of esters is 1. The van der Waals surface area contributed by atoms with Crippen LogP contribution in [0, 0.1) is 6.92 Å². The smallest absolute Gasteiger partial charge is 0.328 e. The zero-order chi connectivity index (χ0) is 15.4. The van der Waals surface area contributed by atoms with E-state index in [-0.39, 0.29) is 18.9 Å². The van der Waals surface area contributed by atoms with E-state index in [1.807, 2.05) is 31.2 Å². The minimum absolute atomic E-state index is 0.122. The third-order valence-corrected chi connectivity index (χ3v) is 3.78. The van der Waals surface area contributed by atoms with E-state index in [0.717, 1.165) is 11.1 Å². The molecule has 0 aromatic heterocycles. The van der Waals surface area contributed by atoms with Gasteiger partial charge in [-0.25, -0.2) is 4.79 Å². The molecule has 1 heterocycles. The van der Waals surface area contributed by atoms with Crippen molar-refractivity contribution in [3.05, 3.63) is 35.4 Å². The Hall–Kier alpha value is -1.88. The number of carbonyl (C=O) groups is 2. The Kier molecular flexibility index (Phi) is 4.96. The Balaban J connectivity index is 1.97. The molecule has 2 unspecified atom stereocenters. The maximum Gasteiger partial charge on any atom is 0.328 e. The van der Waals surface area contributed by atoms with E-state index in [1.54, 1.807) is 0 Å². The van der Waals surface area contributed by atoms with E-state index in [0.29, 0.717) is 12.8 Å². The lowest BCUT2D eigenvalue weighted by molar-refractivity contribution is -0.150. The van der Waals surface area contributed by atoms with E-state index < -0.39 is 18.1 Å². The number of hydrogen-bond donors (Lipinski definition) is 1. The van der Waals surface area contributed by atoms with Crippen molar-refractivity contribution in [1.82, 2.24) is 4.90 Å². The molecule has 0 bridgehead atoms. The average molecular weight is 291 g/mol. The standard InChI is InChI=1S/C16H21NO4/c1-11-4-3-5-12(8-11)6-7-15(19)17-10-13(18)9-14(17)16(20)21-2/h3-5,8,13-14,18H,6-7,9-10H2,1-2H3. The lowest BCUT2D eigenvalue weighted by Crippen LogP contribution is -2.41. The number of rotatable bonds is 4. The minimum Gasteiger partial charge on any atom is -0.467 e. The average Bonchev–Trinajstić information content (AvgIpc) is 2.86. The molecule has 1 amide bonds. The number of aryl methyl sites for hydroxylation is 2. The van der Waals surface area contributed by atoms with Crippen LogP contribution in [0.1, 0.15) is 24.0 Å².